The molecule has 2 amide bonds. The molecule has 0 unspecified atom stereocenters. The molecular weight excluding hydrogens is 468 g/mol. The van der Waals surface area contributed by atoms with E-state index in [0.29, 0.717) is 23.1 Å². The van der Waals surface area contributed by atoms with Crippen molar-refractivity contribution in [3.8, 4) is 5.69 Å². The lowest BCUT2D eigenvalue weighted by Gasteiger charge is -2.29. The first-order valence-corrected chi connectivity index (χ1v) is 11.6. The number of benzene rings is 1. The maximum Gasteiger partial charge on any atom is 0.414 e. The lowest BCUT2D eigenvalue weighted by atomic mass is 9.97. The zero-order valence-corrected chi connectivity index (χ0v) is 20.5. The van der Waals surface area contributed by atoms with Gasteiger partial charge in [0.2, 0.25) is 0 Å². The van der Waals surface area contributed by atoms with E-state index in [4.69, 9.17) is 22.1 Å². The second-order valence-electron chi connectivity index (χ2n) is 9.12. The standard InChI is InChI=1S/C25H27ClN6O3/c1-25(2,3)35-24(34)31-12-6-7-16(15-31)18-8-4-5-9-20(18)32-22(27)19(14-29-32)23(33)30-21-11-10-17(26)13-28-21/h4-5,8-11,13-15H,6-7,12,27H2,1-3H3,(H,28,30,33). The Bertz CT molecular complexity index is 1280. The fraction of sp³-hybridized carbons (Fsp3) is 0.280. The second kappa shape index (κ2) is 9.79. The maximum absolute atomic E-state index is 12.8. The van der Waals surface area contributed by atoms with Crippen molar-refractivity contribution in [2.24, 2.45) is 0 Å². The number of rotatable bonds is 4. The fourth-order valence-corrected chi connectivity index (χ4v) is 3.83. The number of para-hydroxylation sites is 1. The summed E-state index contributed by atoms with van der Waals surface area (Å²) in [4.78, 5) is 31.1. The van der Waals surface area contributed by atoms with Crippen molar-refractivity contribution in [3.63, 3.8) is 0 Å². The van der Waals surface area contributed by atoms with Crippen LogP contribution >= 0.6 is 11.6 Å². The summed E-state index contributed by atoms with van der Waals surface area (Å²) in [7, 11) is 0. The van der Waals surface area contributed by atoms with Gasteiger partial charge >= 0.3 is 6.09 Å². The van der Waals surface area contributed by atoms with Gasteiger partial charge in [0.1, 0.15) is 22.8 Å². The molecular formula is C25H27ClN6O3. The van der Waals surface area contributed by atoms with Crippen LogP contribution in [0, 0.1) is 0 Å². The number of halogens is 1. The fourth-order valence-electron chi connectivity index (χ4n) is 3.71. The summed E-state index contributed by atoms with van der Waals surface area (Å²) in [5, 5.41) is 7.54. The molecule has 9 nitrogen and oxygen atoms in total. The second-order valence-corrected chi connectivity index (χ2v) is 9.56. The van der Waals surface area contributed by atoms with Crippen molar-refractivity contribution in [1.29, 1.82) is 0 Å². The van der Waals surface area contributed by atoms with Crippen molar-refractivity contribution in [2.45, 2.75) is 39.2 Å². The van der Waals surface area contributed by atoms with Crippen molar-refractivity contribution in [3.05, 3.63) is 71.1 Å². The molecule has 0 fully saturated rings. The number of carbonyl (C=O) groups excluding carboxylic acids is 2. The molecule has 1 aliphatic heterocycles. The summed E-state index contributed by atoms with van der Waals surface area (Å²) in [5.41, 5.74) is 8.49. The van der Waals surface area contributed by atoms with Gasteiger partial charge in [0, 0.05) is 24.5 Å². The Labute approximate surface area is 208 Å². The molecule has 3 aromatic rings. The minimum absolute atomic E-state index is 0.185. The average molecular weight is 495 g/mol. The Balaban J connectivity index is 1.62. The number of carbonyl (C=O) groups is 2. The molecule has 0 saturated heterocycles. The van der Waals surface area contributed by atoms with Gasteiger partial charge in [0.25, 0.3) is 5.91 Å². The zero-order valence-electron chi connectivity index (χ0n) is 19.8. The molecule has 2 aromatic heterocycles. The summed E-state index contributed by atoms with van der Waals surface area (Å²) in [5.74, 6) is 0.0971. The molecule has 35 heavy (non-hydrogen) atoms. The van der Waals surface area contributed by atoms with E-state index >= 15 is 0 Å². The topological polar surface area (TPSA) is 115 Å². The number of ether oxygens (including phenoxy) is 1. The first kappa shape index (κ1) is 24.3. The summed E-state index contributed by atoms with van der Waals surface area (Å²) in [6.45, 7) is 6.09. The largest absolute Gasteiger partial charge is 0.443 e. The summed E-state index contributed by atoms with van der Waals surface area (Å²) in [6.07, 6.45) is 5.84. The molecule has 0 radical (unpaired) electrons. The van der Waals surface area contributed by atoms with Crippen LogP contribution in [0.5, 0.6) is 0 Å². The molecule has 182 valence electrons. The van der Waals surface area contributed by atoms with E-state index < -0.39 is 11.5 Å². The predicted octanol–water partition coefficient (Wildman–Crippen LogP) is 5.13. The van der Waals surface area contributed by atoms with Crippen LogP contribution in [0.25, 0.3) is 11.3 Å². The van der Waals surface area contributed by atoms with E-state index in [0.717, 1.165) is 24.0 Å². The van der Waals surface area contributed by atoms with Crippen molar-refractivity contribution in [2.75, 3.05) is 17.6 Å². The number of aromatic nitrogens is 3. The smallest absolute Gasteiger partial charge is 0.414 e. The van der Waals surface area contributed by atoms with Crippen LogP contribution in [0.4, 0.5) is 16.4 Å². The highest BCUT2D eigenvalue weighted by molar-refractivity contribution is 6.30. The quantitative estimate of drug-likeness (QED) is 0.519. The number of nitrogens with one attached hydrogen (secondary N) is 1. The molecule has 10 heteroatoms. The number of allylic oxidation sites excluding steroid dienone is 1. The minimum atomic E-state index is -0.581. The van der Waals surface area contributed by atoms with Gasteiger partial charge in [-0.1, -0.05) is 29.8 Å². The molecule has 0 saturated carbocycles. The summed E-state index contributed by atoms with van der Waals surface area (Å²) < 4.78 is 7.05. The Hall–Kier alpha value is -3.85. The van der Waals surface area contributed by atoms with E-state index in [-0.39, 0.29) is 17.5 Å². The van der Waals surface area contributed by atoms with Gasteiger partial charge in [-0.3, -0.25) is 9.69 Å². The lowest BCUT2D eigenvalue weighted by Crippen LogP contribution is -2.35. The first-order valence-electron chi connectivity index (χ1n) is 11.2. The monoisotopic (exact) mass is 494 g/mol. The van der Waals surface area contributed by atoms with Crippen molar-refractivity contribution in [1.82, 2.24) is 19.7 Å². The van der Waals surface area contributed by atoms with Crippen LogP contribution in [0.15, 0.2) is 55.0 Å². The van der Waals surface area contributed by atoms with Crippen LogP contribution < -0.4 is 11.1 Å². The number of pyridine rings is 1. The van der Waals surface area contributed by atoms with Crippen LogP contribution in [0.2, 0.25) is 5.02 Å². The third kappa shape index (κ3) is 5.63. The number of anilines is 2. The molecule has 0 bridgehead atoms. The van der Waals surface area contributed by atoms with Crippen molar-refractivity contribution < 1.29 is 14.3 Å². The van der Waals surface area contributed by atoms with E-state index in [9.17, 15) is 9.59 Å². The number of hydrogen-bond acceptors (Lipinski definition) is 6. The number of nitrogens with two attached hydrogens (primary N) is 1. The highest BCUT2D eigenvalue weighted by atomic mass is 35.5. The Morgan fingerprint density at radius 2 is 1.91 bits per heavy atom. The molecule has 0 aliphatic carbocycles. The Morgan fingerprint density at radius 1 is 1.14 bits per heavy atom. The van der Waals surface area contributed by atoms with Gasteiger partial charge in [0.15, 0.2) is 0 Å². The van der Waals surface area contributed by atoms with Gasteiger partial charge in [-0.2, -0.15) is 5.10 Å². The van der Waals surface area contributed by atoms with E-state index in [1.807, 2.05) is 51.2 Å². The van der Waals surface area contributed by atoms with E-state index in [1.54, 1.807) is 17.0 Å². The first-order chi connectivity index (χ1) is 16.6. The van der Waals surface area contributed by atoms with Gasteiger partial charge in [-0.25, -0.2) is 14.5 Å². The van der Waals surface area contributed by atoms with Gasteiger partial charge in [0.05, 0.1) is 16.9 Å². The van der Waals surface area contributed by atoms with Gasteiger partial charge in [-0.05, 0) is 57.4 Å². The average Bonchev–Trinajstić information content (AvgIpc) is 3.21. The van der Waals surface area contributed by atoms with Crippen LogP contribution in [0.3, 0.4) is 0 Å². The molecule has 1 aromatic carbocycles. The number of hydrogen-bond donors (Lipinski definition) is 2. The lowest BCUT2D eigenvalue weighted by molar-refractivity contribution is 0.0329. The molecule has 3 N–H and O–H groups in total. The number of nitrogens with zero attached hydrogens (tertiary/aromatic N) is 4. The maximum atomic E-state index is 12.8. The third-order valence-corrected chi connectivity index (χ3v) is 5.51. The third-order valence-electron chi connectivity index (χ3n) is 5.28. The normalized spacial score (nSPS) is 13.8. The Kier molecular flexibility index (Phi) is 6.79. The van der Waals surface area contributed by atoms with Gasteiger partial charge < -0.3 is 15.8 Å². The van der Waals surface area contributed by atoms with Crippen LogP contribution in [0.1, 0.15) is 49.5 Å². The molecule has 1 aliphatic rings. The molecule has 4 rings (SSSR count). The van der Waals surface area contributed by atoms with Crippen molar-refractivity contribution >= 4 is 40.8 Å². The number of amides is 2. The summed E-state index contributed by atoms with van der Waals surface area (Å²) in [6, 6.07) is 10.8. The highest BCUT2D eigenvalue weighted by Crippen LogP contribution is 2.31. The van der Waals surface area contributed by atoms with E-state index in [1.165, 1.54) is 17.1 Å². The predicted molar refractivity (Wildman–Crippen MR) is 135 cm³/mol. The molecule has 3 heterocycles. The Morgan fingerprint density at radius 3 is 2.63 bits per heavy atom. The number of nitrogen functional groups attached to an aromatic ring is 1. The van der Waals surface area contributed by atoms with E-state index in [2.05, 4.69) is 15.4 Å². The highest BCUT2D eigenvalue weighted by Gasteiger charge is 2.25. The molecule has 0 atom stereocenters. The molecule has 0 spiro atoms. The SMILES string of the molecule is CC(C)(C)OC(=O)N1C=C(c2ccccc2-n2ncc(C(=O)Nc3ccc(Cl)cn3)c2N)CCC1. The van der Waals surface area contributed by atoms with Gasteiger partial charge in [-0.15, -0.1) is 0 Å². The van der Waals surface area contributed by atoms with Crippen LogP contribution in [-0.4, -0.2) is 43.8 Å². The minimum Gasteiger partial charge on any atom is -0.443 e. The zero-order chi connectivity index (χ0) is 25.2. The summed E-state index contributed by atoms with van der Waals surface area (Å²) >= 11 is 5.85. The van der Waals surface area contributed by atoms with Crippen LogP contribution in [-0.2, 0) is 4.74 Å².